The standard InChI is InChI=1S/C7H17NO3S/c1-11-5-7-12(9,10)6-3-2-4-8/h2-8H2,1H3. The van der Waals surface area contributed by atoms with Crippen molar-refractivity contribution >= 4 is 9.84 Å². The molecule has 0 amide bonds. The molecule has 74 valence electrons. The molecule has 0 fully saturated rings. The van der Waals surface area contributed by atoms with Crippen molar-refractivity contribution in [3.63, 3.8) is 0 Å². The Balaban J connectivity index is 3.58. The molecule has 0 bridgehead atoms. The molecular weight excluding hydrogens is 178 g/mol. The summed E-state index contributed by atoms with van der Waals surface area (Å²) in [6.45, 7) is 0.838. The van der Waals surface area contributed by atoms with E-state index in [-0.39, 0.29) is 18.1 Å². The first kappa shape index (κ1) is 11.9. The molecule has 0 aromatic rings. The van der Waals surface area contributed by atoms with Crippen LogP contribution in [-0.4, -0.2) is 40.2 Å². The van der Waals surface area contributed by atoms with E-state index >= 15 is 0 Å². The lowest BCUT2D eigenvalue weighted by Crippen LogP contribution is -2.15. The maximum Gasteiger partial charge on any atom is 0.152 e. The maximum absolute atomic E-state index is 11.1. The Morgan fingerprint density at radius 1 is 1.25 bits per heavy atom. The summed E-state index contributed by atoms with van der Waals surface area (Å²) in [4.78, 5) is 0. The number of methoxy groups -OCH3 is 1. The molecule has 0 radical (unpaired) electrons. The predicted molar refractivity (Wildman–Crippen MR) is 48.8 cm³/mol. The highest BCUT2D eigenvalue weighted by atomic mass is 32.2. The van der Waals surface area contributed by atoms with Crippen LogP contribution in [-0.2, 0) is 14.6 Å². The van der Waals surface area contributed by atoms with Crippen LogP contribution in [0.2, 0.25) is 0 Å². The van der Waals surface area contributed by atoms with E-state index in [9.17, 15) is 8.42 Å². The number of sulfone groups is 1. The van der Waals surface area contributed by atoms with Crippen LogP contribution in [0.3, 0.4) is 0 Å². The highest BCUT2D eigenvalue weighted by molar-refractivity contribution is 7.91. The molecule has 0 atom stereocenters. The van der Waals surface area contributed by atoms with Crippen LogP contribution in [0.1, 0.15) is 12.8 Å². The smallest absolute Gasteiger partial charge is 0.152 e. The molecule has 0 spiro atoms. The van der Waals surface area contributed by atoms with E-state index in [1.54, 1.807) is 0 Å². The quantitative estimate of drug-likeness (QED) is 0.570. The molecule has 2 N–H and O–H groups in total. The molecule has 12 heavy (non-hydrogen) atoms. The van der Waals surface area contributed by atoms with Gasteiger partial charge in [-0.3, -0.25) is 0 Å². The third kappa shape index (κ3) is 6.57. The minimum absolute atomic E-state index is 0.119. The van der Waals surface area contributed by atoms with E-state index < -0.39 is 9.84 Å². The van der Waals surface area contributed by atoms with Crippen LogP contribution in [0.15, 0.2) is 0 Å². The predicted octanol–water partition coefficient (Wildman–Crippen LogP) is -0.213. The lowest BCUT2D eigenvalue weighted by atomic mass is 10.3. The summed E-state index contributed by atoms with van der Waals surface area (Å²) in [6, 6.07) is 0. The van der Waals surface area contributed by atoms with Crippen LogP contribution in [0.25, 0.3) is 0 Å². The van der Waals surface area contributed by atoms with Gasteiger partial charge in [-0.05, 0) is 19.4 Å². The average molecular weight is 195 g/mol. The van der Waals surface area contributed by atoms with E-state index in [1.807, 2.05) is 0 Å². The van der Waals surface area contributed by atoms with Crippen molar-refractivity contribution in [1.82, 2.24) is 0 Å². The lowest BCUT2D eigenvalue weighted by Gasteiger charge is -2.02. The fourth-order valence-corrected chi connectivity index (χ4v) is 2.05. The van der Waals surface area contributed by atoms with Gasteiger partial charge in [0.2, 0.25) is 0 Å². The number of nitrogens with two attached hydrogens (primary N) is 1. The van der Waals surface area contributed by atoms with Gasteiger partial charge >= 0.3 is 0 Å². The Bertz CT molecular complexity index is 189. The number of hydrogen-bond acceptors (Lipinski definition) is 4. The molecule has 0 saturated heterocycles. The highest BCUT2D eigenvalue weighted by Crippen LogP contribution is 1.96. The molecule has 0 heterocycles. The van der Waals surface area contributed by atoms with Gasteiger partial charge in [0.15, 0.2) is 9.84 Å². The van der Waals surface area contributed by atoms with Gasteiger partial charge in [0.05, 0.1) is 18.1 Å². The number of unbranched alkanes of at least 4 members (excludes halogenated alkanes) is 1. The summed E-state index contributed by atoms with van der Waals surface area (Å²) < 4.78 is 27.0. The van der Waals surface area contributed by atoms with E-state index in [2.05, 4.69) is 4.74 Å². The van der Waals surface area contributed by atoms with E-state index in [1.165, 1.54) is 7.11 Å². The lowest BCUT2D eigenvalue weighted by molar-refractivity contribution is 0.217. The van der Waals surface area contributed by atoms with Crippen LogP contribution in [0.4, 0.5) is 0 Å². The van der Waals surface area contributed by atoms with Crippen LogP contribution in [0, 0.1) is 0 Å². The fraction of sp³-hybridized carbons (Fsp3) is 1.00. The van der Waals surface area contributed by atoms with Gasteiger partial charge in [-0.25, -0.2) is 8.42 Å². The van der Waals surface area contributed by atoms with Crippen molar-refractivity contribution in [2.24, 2.45) is 5.73 Å². The molecule has 0 aromatic carbocycles. The molecule has 0 rings (SSSR count). The normalized spacial score (nSPS) is 11.8. The van der Waals surface area contributed by atoms with E-state index in [4.69, 9.17) is 5.73 Å². The van der Waals surface area contributed by atoms with Crippen LogP contribution < -0.4 is 5.73 Å². The Labute approximate surface area is 74.0 Å². The third-order valence-electron chi connectivity index (χ3n) is 1.51. The first-order chi connectivity index (χ1) is 5.62. The molecule has 0 aliphatic heterocycles. The van der Waals surface area contributed by atoms with Gasteiger partial charge in [-0.15, -0.1) is 0 Å². The largest absolute Gasteiger partial charge is 0.384 e. The third-order valence-corrected chi connectivity index (χ3v) is 3.21. The zero-order valence-corrected chi connectivity index (χ0v) is 8.27. The second kappa shape index (κ2) is 6.39. The summed E-state index contributed by atoms with van der Waals surface area (Å²) >= 11 is 0. The molecule has 0 aliphatic rings. The SMILES string of the molecule is COCCS(=O)(=O)CCCCN. The van der Waals surface area contributed by atoms with Crippen molar-refractivity contribution in [3.05, 3.63) is 0 Å². The van der Waals surface area contributed by atoms with Crippen LogP contribution in [0.5, 0.6) is 0 Å². The van der Waals surface area contributed by atoms with E-state index in [0.717, 1.165) is 6.42 Å². The molecular formula is C7H17NO3S. The Hall–Kier alpha value is -0.130. The Kier molecular flexibility index (Phi) is 6.32. The molecule has 5 heteroatoms. The Morgan fingerprint density at radius 2 is 1.92 bits per heavy atom. The molecule has 4 nitrogen and oxygen atoms in total. The van der Waals surface area contributed by atoms with Crippen molar-refractivity contribution in [1.29, 1.82) is 0 Å². The van der Waals surface area contributed by atoms with Crippen molar-refractivity contribution in [2.45, 2.75) is 12.8 Å². The van der Waals surface area contributed by atoms with Crippen molar-refractivity contribution in [2.75, 3.05) is 31.8 Å². The van der Waals surface area contributed by atoms with Crippen molar-refractivity contribution < 1.29 is 13.2 Å². The van der Waals surface area contributed by atoms with Gasteiger partial charge in [-0.1, -0.05) is 0 Å². The number of rotatable bonds is 7. The monoisotopic (exact) mass is 195 g/mol. The summed E-state index contributed by atoms with van der Waals surface area (Å²) in [5.74, 6) is 0.349. The molecule has 0 unspecified atom stereocenters. The van der Waals surface area contributed by atoms with Gasteiger partial charge in [0, 0.05) is 7.11 Å². The van der Waals surface area contributed by atoms with Crippen LogP contribution >= 0.6 is 0 Å². The summed E-state index contributed by atoms with van der Waals surface area (Å²) in [5.41, 5.74) is 5.24. The first-order valence-electron chi connectivity index (χ1n) is 4.02. The minimum atomic E-state index is -2.90. The molecule has 0 saturated carbocycles. The van der Waals surface area contributed by atoms with Gasteiger partial charge < -0.3 is 10.5 Å². The number of ether oxygens (including phenoxy) is 1. The zero-order valence-electron chi connectivity index (χ0n) is 7.45. The second-order valence-electron chi connectivity index (χ2n) is 2.64. The summed E-state index contributed by atoms with van der Waals surface area (Å²) in [6.07, 6.45) is 1.43. The first-order valence-corrected chi connectivity index (χ1v) is 5.84. The topological polar surface area (TPSA) is 69.4 Å². The molecule has 0 aromatic heterocycles. The minimum Gasteiger partial charge on any atom is -0.384 e. The fourth-order valence-electron chi connectivity index (χ4n) is 0.779. The maximum atomic E-state index is 11.1. The number of hydrogen-bond donors (Lipinski definition) is 1. The average Bonchev–Trinajstić information content (AvgIpc) is 2.01. The van der Waals surface area contributed by atoms with Gasteiger partial charge in [0.1, 0.15) is 0 Å². The van der Waals surface area contributed by atoms with E-state index in [0.29, 0.717) is 13.0 Å². The second-order valence-corrected chi connectivity index (χ2v) is 4.94. The summed E-state index contributed by atoms with van der Waals surface area (Å²) in [5, 5.41) is 0. The van der Waals surface area contributed by atoms with Crippen molar-refractivity contribution in [3.8, 4) is 0 Å². The van der Waals surface area contributed by atoms with Gasteiger partial charge in [-0.2, -0.15) is 0 Å². The summed E-state index contributed by atoms with van der Waals surface area (Å²) in [7, 11) is -1.40. The molecule has 0 aliphatic carbocycles. The van der Waals surface area contributed by atoms with Gasteiger partial charge in [0.25, 0.3) is 0 Å². The zero-order chi connectivity index (χ0) is 9.45. The highest BCUT2D eigenvalue weighted by Gasteiger charge is 2.08. The Morgan fingerprint density at radius 3 is 2.42 bits per heavy atom.